The third-order valence-electron chi connectivity index (χ3n) is 3.14. The molecule has 0 spiro atoms. The van der Waals surface area contributed by atoms with Gasteiger partial charge in [-0.3, -0.25) is 0 Å². The van der Waals surface area contributed by atoms with Crippen LogP contribution in [0.1, 0.15) is 25.2 Å². The first-order chi connectivity index (χ1) is 8.76. The molecule has 2 rings (SSSR count). The molecule has 100 valence electrons. The number of rotatable bonds is 4. The third kappa shape index (κ3) is 2.72. The van der Waals surface area contributed by atoms with E-state index in [-0.39, 0.29) is 0 Å². The van der Waals surface area contributed by atoms with E-state index in [1.54, 1.807) is 0 Å². The molecule has 0 aromatic carbocycles. The lowest BCUT2D eigenvalue weighted by atomic mass is 10.2. The van der Waals surface area contributed by atoms with Gasteiger partial charge in [-0.05, 0) is 13.8 Å². The second-order valence-corrected chi connectivity index (χ2v) is 4.42. The van der Waals surface area contributed by atoms with Crippen molar-refractivity contribution in [3.05, 3.63) is 11.4 Å². The second kappa shape index (κ2) is 6.00. The molecule has 1 aliphatic heterocycles. The SMILES string of the molecule is CCNc1nc(CC)nc(N2CCOCC2)c1C. The molecule has 0 amide bonds. The van der Waals surface area contributed by atoms with Crippen molar-refractivity contribution in [1.82, 2.24) is 9.97 Å². The number of nitrogens with zero attached hydrogens (tertiary/aromatic N) is 3. The van der Waals surface area contributed by atoms with Crippen LogP contribution in [0.3, 0.4) is 0 Å². The van der Waals surface area contributed by atoms with Gasteiger partial charge in [0, 0.05) is 31.6 Å². The first-order valence-corrected chi connectivity index (χ1v) is 6.70. The van der Waals surface area contributed by atoms with Crippen LogP contribution < -0.4 is 10.2 Å². The Bertz CT molecular complexity index is 402. The van der Waals surface area contributed by atoms with E-state index in [0.29, 0.717) is 0 Å². The summed E-state index contributed by atoms with van der Waals surface area (Å²) in [6, 6.07) is 0. The zero-order valence-electron chi connectivity index (χ0n) is 11.5. The van der Waals surface area contributed by atoms with Crippen LogP contribution in [0.4, 0.5) is 11.6 Å². The van der Waals surface area contributed by atoms with Crippen molar-refractivity contribution in [3.8, 4) is 0 Å². The summed E-state index contributed by atoms with van der Waals surface area (Å²) in [5.41, 5.74) is 1.14. The van der Waals surface area contributed by atoms with Gasteiger partial charge < -0.3 is 15.0 Å². The Morgan fingerprint density at radius 2 is 1.94 bits per heavy atom. The zero-order valence-corrected chi connectivity index (χ0v) is 11.5. The van der Waals surface area contributed by atoms with Crippen LogP contribution >= 0.6 is 0 Å². The van der Waals surface area contributed by atoms with Crippen molar-refractivity contribution in [2.24, 2.45) is 0 Å². The van der Waals surface area contributed by atoms with Crippen molar-refractivity contribution in [2.45, 2.75) is 27.2 Å². The summed E-state index contributed by atoms with van der Waals surface area (Å²) in [6.45, 7) is 10.5. The van der Waals surface area contributed by atoms with Crippen molar-refractivity contribution in [1.29, 1.82) is 0 Å². The van der Waals surface area contributed by atoms with E-state index < -0.39 is 0 Å². The van der Waals surface area contributed by atoms with Gasteiger partial charge in [0.15, 0.2) is 0 Å². The summed E-state index contributed by atoms with van der Waals surface area (Å²) >= 11 is 0. The quantitative estimate of drug-likeness (QED) is 0.880. The Morgan fingerprint density at radius 3 is 2.56 bits per heavy atom. The van der Waals surface area contributed by atoms with E-state index in [9.17, 15) is 0 Å². The third-order valence-corrected chi connectivity index (χ3v) is 3.14. The van der Waals surface area contributed by atoms with Gasteiger partial charge >= 0.3 is 0 Å². The van der Waals surface area contributed by atoms with E-state index in [0.717, 1.165) is 62.3 Å². The van der Waals surface area contributed by atoms with Crippen LogP contribution in [0, 0.1) is 6.92 Å². The number of hydrogen-bond acceptors (Lipinski definition) is 5. The van der Waals surface area contributed by atoms with E-state index >= 15 is 0 Å². The minimum absolute atomic E-state index is 0.779. The van der Waals surface area contributed by atoms with Crippen molar-refractivity contribution in [3.63, 3.8) is 0 Å². The predicted molar refractivity (Wildman–Crippen MR) is 73.3 cm³/mol. The molecule has 1 saturated heterocycles. The fourth-order valence-corrected chi connectivity index (χ4v) is 2.13. The van der Waals surface area contributed by atoms with Crippen LogP contribution in [0.2, 0.25) is 0 Å². The van der Waals surface area contributed by atoms with Crippen LogP contribution in [-0.2, 0) is 11.2 Å². The molecule has 2 heterocycles. The zero-order chi connectivity index (χ0) is 13.0. The fraction of sp³-hybridized carbons (Fsp3) is 0.692. The molecule has 5 nitrogen and oxygen atoms in total. The number of nitrogens with one attached hydrogen (secondary N) is 1. The largest absolute Gasteiger partial charge is 0.378 e. The molecule has 1 aromatic heterocycles. The number of aromatic nitrogens is 2. The fourth-order valence-electron chi connectivity index (χ4n) is 2.13. The minimum atomic E-state index is 0.779. The smallest absolute Gasteiger partial charge is 0.137 e. The van der Waals surface area contributed by atoms with Crippen molar-refractivity contribution < 1.29 is 4.74 Å². The van der Waals surface area contributed by atoms with E-state index in [2.05, 4.69) is 41.0 Å². The Kier molecular flexibility index (Phi) is 4.36. The van der Waals surface area contributed by atoms with Crippen LogP contribution in [-0.4, -0.2) is 42.8 Å². The highest BCUT2D eigenvalue weighted by Crippen LogP contribution is 2.24. The molecule has 0 aliphatic carbocycles. The van der Waals surface area contributed by atoms with E-state index in [1.165, 1.54) is 0 Å². The van der Waals surface area contributed by atoms with Crippen LogP contribution in [0.25, 0.3) is 0 Å². The summed E-state index contributed by atoms with van der Waals surface area (Å²) < 4.78 is 5.39. The van der Waals surface area contributed by atoms with Crippen LogP contribution in [0.5, 0.6) is 0 Å². The molecule has 0 radical (unpaired) electrons. The van der Waals surface area contributed by atoms with Gasteiger partial charge in [-0.25, -0.2) is 9.97 Å². The molecule has 1 N–H and O–H groups in total. The molecule has 0 bridgehead atoms. The van der Waals surface area contributed by atoms with Gasteiger partial charge in [-0.1, -0.05) is 6.92 Å². The average molecular weight is 250 g/mol. The summed E-state index contributed by atoms with van der Waals surface area (Å²) in [6.07, 6.45) is 0.857. The second-order valence-electron chi connectivity index (χ2n) is 4.42. The van der Waals surface area contributed by atoms with Crippen LogP contribution in [0.15, 0.2) is 0 Å². The maximum Gasteiger partial charge on any atom is 0.137 e. The number of ether oxygens (including phenoxy) is 1. The van der Waals surface area contributed by atoms with Gasteiger partial charge in [0.05, 0.1) is 13.2 Å². The number of aryl methyl sites for hydroxylation is 1. The van der Waals surface area contributed by atoms with Gasteiger partial charge in [-0.15, -0.1) is 0 Å². The number of morpholine rings is 1. The number of hydrogen-bond donors (Lipinski definition) is 1. The topological polar surface area (TPSA) is 50.3 Å². The molecule has 1 aliphatic rings. The van der Waals surface area contributed by atoms with Gasteiger partial charge in [0.1, 0.15) is 17.5 Å². The molecule has 1 fully saturated rings. The molecule has 0 atom stereocenters. The van der Waals surface area contributed by atoms with Gasteiger partial charge in [0.25, 0.3) is 0 Å². The summed E-state index contributed by atoms with van der Waals surface area (Å²) in [5, 5.41) is 3.32. The molecule has 0 saturated carbocycles. The summed E-state index contributed by atoms with van der Waals surface area (Å²) in [7, 11) is 0. The molecular weight excluding hydrogens is 228 g/mol. The van der Waals surface area contributed by atoms with Crippen molar-refractivity contribution in [2.75, 3.05) is 43.1 Å². The standard InChI is InChI=1S/C13H22N4O/c1-4-11-15-12(14-5-2)10(3)13(16-11)17-6-8-18-9-7-17/h4-9H2,1-3H3,(H,14,15,16). The maximum atomic E-state index is 5.39. The molecule has 18 heavy (non-hydrogen) atoms. The van der Waals surface area contributed by atoms with E-state index in [1.807, 2.05) is 0 Å². The highest BCUT2D eigenvalue weighted by atomic mass is 16.5. The maximum absolute atomic E-state index is 5.39. The Morgan fingerprint density at radius 1 is 1.22 bits per heavy atom. The highest BCUT2D eigenvalue weighted by molar-refractivity contribution is 5.58. The monoisotopic (exact) mass is 250 g/mol. The molecular formula is C13H22N4O. The van der Waals surface area contributed by atoms with Gasteiger partial charge in [0.2, 0.25) is 0 Å². The lowest BCUT2D eigenvalue weighted by molar-refractivity contribution is 0.122. The molecule has 5 heteroatoms. The molecule has 0 unspecified atom stereocenters. The first-order valence-electron chi connectivity index (χ1n) is 6.70. The summed E-state index contributed by atoms with van der Waals surface area (Å²) in [5.74, 6) is 2.92. The Balaban J connectivity index is 2.34. The molecule has 1 aromatic rings. The minimum Gasteiger partial charge on any atom is -0.378 e. The number of anilines is 2. The lowest BCUT2D eigenvalue weighted by Gasteiger charge is -2.29. The van der Waals surface area contributed by atoms with Gasteiger partial charge in [-0.2, -0.15) is 0 Å². The summed E-state index contributed by atoms with van der Waals surface area (Å²) in [4.78, 5) is 11.5. The highest BCUT2D eigenvalue weighted by Gasteiger charge is 2.18. The normalized spacial score (nSPS) is 15.8. The Hall–Kier alpha value is -1.36. The Labute approximate surface area is 109 Å². The average Bonchev–Trinajstić information content (AvgIpc) is 2.42. The van der Waals surface area contributed by atoms with E-state index in [4.69, 9.17) is 4.74 Å². The van der Waals surface area contributed by atoms with Crippen molar-refractivity contribution >= 4 is 11.6 Å². The first kappa shape index (κ1) is 13.1. The lowest BCUT2D eigenvalue weighted by Crippen LogP contribution is -2.37. The predicted octanol–water partition coefficient (Wildman–Crippen LogP) is 1.62.